The van der Waals surface area contributed by atoms with Crippen molar-refractivity contribution in [2.75, 3.05) is 49.1 Å². The highest BCUT2D eigenvalue weighted by molar-refractivity contribution is 7.89. The molecule has 2 aromatic rings. The van der Waals surface area contributed by atoms with E-state index in [1.165, 1.54) is 27.4 Å². The fourth-order valence-electron chi connectivity index (χ4n) is 6.63. The number of aromatic nitrogens is 1. The third kappa shape index (κ3) is 8.63. The number of amides is 2. The molecule has 272 valence electrons. The second-order valence-corrected chi connectivity index (χ2v) is 16.2. The molecule has 50 heavy (non-hydrogen) atoms. The molecule has 2 saturated heterocycles. The minimum Gasteiger partial charge on any atom is -0.784 e. The summed E-state index contributed by atoms with van der Waals surface area (Å²) < 4.78 is 65.1. The molecule has 3 heterocycles. The van der Waals surface area contributed by atoms with Gasteiger partial charge in [-0.3, -0.25) is 4.79 Å². The average molecular weight is 737 g/mol. The van der Waals surface area contributed by atoms with E-state index in [4.69, 9.17) is 21.6 Å². The van der Waals surface area contributed by atoms with Crippen LogP contribution < -0.4 is 15.1 Å². The summed E-state index contributed by atoms with van der Waals surface area (Å²) in [7, 11) is -3.91. The summed E-state index contributed by atoms with van der Waals surface area (Å²) in [6.07, 6.45) is 0.227. The van der Waals surface area contributed by atoms with Crippen molar-refractivity contribution < 1.29 is 31.5 Å². The van der Waals surface area contributed by atoms with Gasteiger partial charge in [-0.15, -0.1) is 0 Å². The van der Waals surface area contributed by atoms with Crippen molar-refractivity contribution in [2.45, 2.75) is 81.4 Å². The molecule has 0 unspecified atom stereocenters. The van der Waals surface area contributed by atoms with E-state index in [0.29, 0.717) is 10.8 Å². The molecule has 17 heteroatoms. The van der Waals surface area contributed by atoms with E-state index in [1.54, 1.807) is 43.9 Å². The number of carbonyl (C=O) groups excluding carboxylic acids is 2. The summed E-state index contributed by atoms with van der Waals surface area (Å²) in [5.41, 5.74) is -0.477. The van der Waals surface area contributed by atoms with Crippen LogP contribution in [0.3, 0.4) is 0 Å². The maximum atomic E-state index is 15.7. The summed E-state index contributed by atoms with van der Waals surface area (Å²) in [4.78, 5) is 32.3. The molecule has 3 fully saturated rings. The van der Waals surface area contributed by atoms with Crippen LogP contribution >= 0.6 is 11.6 Å². The number of rotatable bonds is 9. The Morgan fingerprint density at radius 2 is 1.76 bits per heavy atom. The predicted molar refractivity (Wildman–Crippen MR) is 182 cm³/mol. The van der Waals surface area contributed by atoms with Crippen LogP contribution in [0, 0.1) is 22.5 Å². The number of pyridine rings is 1. The molecule has 1 aromatic heterocycles. The monoisotopic (exact) mass is 736 g/mol. The molecular formula is C33H41ClF2N7O6S-. The van der Waals surface area contributed by atoms with Gasteiger partial charge in [0.1, 0.15) is 16.6 Å². The SMILES string of the molecule is CC(C)(C)OC(=O)N[C@@H]1CC(=O)N(c2ccc(S(=O)(=O)N3CCN(c4cc(C(F)(F)C5CCC(N([O-])CC#N)CC5)cc(Cl)n4)CC3)cc2)C1. The number of carbonyl (C=O) groups is 2. The Bertz CT molecular complexity index is 1700. The highest BCUT2D eigenvalue weighted by Gasteiger charge is 2.44. The zero-order valence-electron chi connectivity index (χ0n) is 28.1. The number of alkyl halides is 2. The van der Waals surface area contributed by atoms with Crippen molar-refractivity contribution in [3.8, 4) is 6.07 Å². The lowest BCUT2D eigenvalue weighted by Gasteiger charge is -2.41. The number of halogens is 3. The van der Waals surface area contributed by atoms with E-state index < -0.39 is 45.6 Å². The normalized spacial score (nSPS) is 22.5. The Balaban J connectivity index is 1.19. The van der Waals surface area contributed by atoms with Crippen LogP contribution in [0.15, 0.2) is 41.3 Å². The first-order valence-corrected chi connectivity index (χ1v) is 18.3. The minimum absolute atomic E-state index is 0.0371. The van der Waals surface area contributed by atoms with Crippen molar-refractivity contribution in [2.24, 2.45) is 5.92 Å². The van der Waals surface area contributed by atoms with Crippen LogP contribution in [0.25, 0.3) is 0 Å². The molecule has 3 aliphatic rings. The third-order valence-electron chi connectivity index (χ3n) is 9.20. The van der Waals surface area contributed by atoms with Gasteiger partial charge in [0.25, 0.3) is 5.92 Å². The van der Waals surface area contributed by atoms with Gasteiger partial charge >= 0.3 is 6.09 Å². The van der Waals surface area contributed by atoms with Crippen LogP contribution in [0.5, 0.6) is 0 Å². The lowest BCUT2D eigenvalue weighted by molar-refractivity contribution is -0.117. The van der Waals surface area contributed by atoms with Gasteiger partial charge in [-0.2, -0.15) is 9.57 Å². The lowest BCUT2D eigenvalue weighted by atomic mass is 9.80. The van der Waals surface area contributed by atoms with Gasteiger partial charge in [0, 0.05) is 56.3 Å². The Morgan fingerprint density at radius 3 is 2.36 bits per heavy atom. The molecule has 1 aromatic carbocycles. The van der Waals surface area contributed by atoms with Crippen molar-refractivity contribution in [3.05, 3.63) is 52.3 Å². The van der Waals surface area contributed by atoms with Crippen LogP contribution in [0.4, 0.5) is 25.1 Å². The smallest absolute Gasteiger partial charge is 0.407 e. The van der Waals surface area contributed by atoms with E-state index in [1.807, 2.05) is 0 Å². The first-order valence-electron chi connectivity index (χ1n) is 16.5. The summed E-state index contributed by atoms with van der Waals surface area (Å²) in [6.45, 7) is 5.66. The number of anilines is 2. The quantitative estimate of drug-likeness (QED) is 0.214. The molecular weight excluding hydrogens is 696 g/mol. The molecule has 1 aliphatic carbocycles. The topological polar surface area (TPSA) is 162 Å². The minimum atomic E-state index is -3.91. The van der Waals surface area contributed by atoms with Crippen molar-refractivity contribution >= 4 is 45.1 Å². The predicted octanol–water partition coefficient (Wildman–Crippen LogP) is 4.85. The molecule has 1 N–H and O–H groups in total. The third-order valence-corrected chi connectivity index (χ3v) is 11.3. The Kier molecular flexibility index (Phi) is 11.2. The van der Waals surface area contributed by atoms with Gasteiger partial charge in [-0.05, 0) is 88.9 Å². The van der Waals surface area contributed by atoms with Gasteiger partial charge in [-0.1, -0.05) is 11.6 Å². The molecule has 1 saturated carbocycles. The molecule has 2 amide bonds. The summed E-state index contributed by atoms with van der Waals surface area (Å²) in [6, 6.07) is 9.27. The first kappa shape index (κ1) is 37.6. The molecule has 5 rings (SSSR count). The summed E-state index contributed by atoms with van der Waals surface area (Å²) >= 11 is 6.21. The highest BCUT2D eigenvalue weighted by Crippen LogP contribution is 2.45. The van der Waals surface area contributed by atoms with E-state index >= 15 is 8.78 Å². The van der Waals surface area contributed by atoms with Crippen LogP contribution in [-0.4, -0.2) is 91.7 Å². The number of alkyl carbamates (subject to hydrolysis) is 1. The number of hydrogen-bond acceptors (Lipinski definition) is 10. The van der Waals surface area contributed by atoms with Gasteiger partial charge in [-0.25, -0.2) is 27.0 Å². The number of nitriles is 1. The average Bonchev–Trinajstić information content (AvgIpc) is 3.43. The Morgan fingerprint density at radius 1 is 1.12 bits per heavy atom. The molecule has 0 bridgehead atoms. The maximum absolute atomic E-state index is 15.7. The van der Waals surface area contributed by atoms with E-state index in [-0.39, 0.29) is 98.7 Å². The van der Waals surface area contributed by atoms with Gasteiger partial charge in [0.05, 0.1) is 23.6 Å². The zero-order valence-corrected chi connectivity index (χ0v) is 29.7. The number of hydroxylamine groups is 2. The van der Waals surface area contributed by atoms with Crippen molar-refractivity contribution in [1.29, 1.82) is 5.26 Å². The number of benzene rings is 1. The molecule has 13 nitrogen and oxygen atoms in total. The van der Waals surface area contributed by atoms with Crippen molar-refractivity contribution in [1.82, 2.24) is 19.7 Å². The number of nitrogens with zero attached hydrogens (tertiary/aromatic N) is 6. The second kappa shape index (κ2) is 14.9. The number of ether oxygens (including phenoxy) is 1. The number of sulfonamides is 1. The zero-order chi connectivity index (χ0) is 36.4. The van der Waals surface area contributed by atoms with Crippen molar-refractivity contribution in [3.63, 3.8) is 0 Å². The summed E-state index contributed by atoms with van der Waals surface area (Å²) in [5, 5.41) is 24.0. The largest absolute Gasteiger partial charge is 0.784 e. The molecule has 1 atom stereocenters. The first-order chi connectivity index (χ1) is 23.5. The molecule has 2 aliphatic heterocycles. The Hall–Kier alpha value is -3.62. The number of nitrogens with one attached hydrogen (secondary N) is 1. The van der Waals surface area contributed by atoms with Gasteiger partial charge < -0.3 is 30.1 Å². The second-order valence-electron chi connectivity index (χ2n) is 13.8. The lowest BCUT2D eigenvalue weighted by Crippen LogP contribution is -2.49. The van der Waals surface area contributed by atoms with Crippen LogP contribution in [0.2, 0.25) is 5.15 Å². The number of hydrogen-bond donors (Lipinski definition) is 1. The van der Waals surface area contributed by atoms with Gasteiger partial charge in [0.15, 0.2) is 0 Å². The van der Waals surface area contributed by atoms with E-state index in [2.05, 4.69) is 10.3 Å². The van der Waals surface area contributed by atoms with E-state index in [0.717, 1.165) is 6.07 Å². The van der Waals surface area contributed by atoms with Crippen LogP contribution in [-0.2, 0) is 25.5 Å². The molecule has 0 spiro atoms. The maximum Gasteiger partial charge on any atom is 0.407 e. The summed E-state index contributed by atoms with van der Waals surface area (Å²) in [5.74, 6) is -4.24. The van der Waals surface area contributed by atoms with E-state index in [9.17, 15) is 23.2 Å². The van der Waals surface area contributed by atoms with Crippen LogP contribution in [0.1, 0.15) is 58.4 Å². The fraction of sp³-hybridized carbons (Fsp3) is 0.576. The fourth-order valence-corrected chi connectivity index (χ4v) is 8.26. The Labute approximate surface area is 295 Å². The molecule has 0 radical (unpaired) electrons. The van der Waals surface area contributed by atoms with Gasteiger partial charge in [0.2, 0.25) is 15.9 Å². The standard InChI is InChI=1S/C33H41ClF2N7O6S/c1-32(2,3)49-31(45)38-24-20-30(44)42(21-24)25-8-10-27(11-9-25)50(47,48)41-16-14-40(15-17-41)29-19-23(18-28(34)39-29)33(35,36)22-4-6-26(7-5-22)43(46)13-12-37/h8-11,18-19,22,24,26H,4-7,13-17,20-21H2,1-3H3,(H,38,45)/q-1/t22?,24-,26?/m1/s1. The highest BCUT2D eigenvalue weighted by atomic mass is 35.5. The number of piperazine rings is 1.